The normalized spacial score (nSPS) is 27.2. The number of benzene rings is 2. The third-order valence-corrected chi connectivity index (χ3v) is 11.3. The van der Waals surface area contributed by atoms with E-state index in [0.717, 1.165) is 17.5 Å². The molecular weight excluding hydrogens is 558 g/mol. The SMILES string of the molecule is C=CCN(Cc1ccccc1)C(=O)C1N(CCCCO)C(=O)[C@@H]2[C@H](C(=O)N(CC=C)Cc3ccccc3)[C@]3(C)CCC12S3. The summed E-state index contributed by atoms with van der Waals surface area (Å²) < 4.78 is -1.14. The molecule has 2 bridgehead atoms. The van der Waals surface area contributed by atoms with E-state index in [1.54, 1.807) is 33.7 Å². The van der Waals surface area contributed by atoms with Gasteiger partial charge < -0.3 is 19.8 Å². The fraction of sp³-hybridized carbons (Fsp3) is 0.457. The van der Waals surface area contributed by atoms with E-state index in [0.29, 0.717) is 52.0 Å². The van der Waals surface area contributed by atoms with Crippen LogP contribution in [0.1, 0.15) is 43.7 Å². The van der Waals surface area contributed by atoms with E-state index in [9.17, 15) is 19.5 Å². The van der Waals surface area contributed by atoms with Crippen LogP contribution in [0.3, 0.4) is 0 Å². The highest BCUT2D eigenvalue weighted by molar-refractivity contribution is 8.02. The summed E-state index contributed by atoms with van der Waals surface area (Å²) >= 11 is 1.70. The number of aliphatic hydroxyl groups excluding tert-OH is 1. The van der Waals surface area contributed by atoms with Crippen LogP contribution in [0.2, 0.25) is 0 Å². The molecule has 7 nitrogen and oxygen atoms in total. The van der Waals surface area contributed by atoms with Gasteiger partial charge in [0.2, 0.25) is 17.7 Å². The van der Waals surface area contributed by atoms with Crippen molar-refractivity contribution in [2.24, 2.45) is 11.8 Å². The number of aliphatic hydroxyl groups is 1. The van der Waals surface area contributed by atoms with Crippen molar-refractivity contribution >= 4 is 29.5 Å². The lowest BCUT2D eigenvalue weighted by molar-refractivity contribution is -0.146. The minimum Gasteiger partial charge on any atom is -0.396 e. The summed E-state index contributed by atoms with van der Waals surface area (Å²) in [7, 11) is 0. The molecule has 3 saturated heterocycles. The number of likely N-dealkylation sites (tertiary alicyclic amines) is 1. The molecular formula is C35H43N3O4S. The smallest absolute Gasteiger partial charge is 0.247 e. The Labute approximate surface area is 259 Å². The molecule has 5 atom stereocenters. The number of hydrogen-bond acceptors (Lipinski definition) is 5. The van der Waals surface area contributed by atoms with Gasteiger partial charge in [-0.2, -0.15) is 0 Å². The molecule has 3 heterocycles. The van der Waals surface area contributed by atoms with Crippen LogP contribution in [-0.2, 0) is 27.5 Å². The van der Waals surface area contributed by atoms with Crippen molar-refractivity contribution in [1.82, 2.24) is 14.7 Å². The standard InChI is InChI=1S/C35H43N3O4S/c1-4-20-36(24-26-14-8-6-9-15-26)31(40)28-29-32(41)38(22-12-13-23-39)30(35(29)19-18-34(28,3)43-35)33(42)37(21-5-2)25-27-16-10-7-11-17-27/h4-11,14-17,28-30,39H,1-2,12-13,18-25H2,3H3/t28-,29+,30?,34+,35?/m1/s1. The van der Waals surface area contributed by atoms with Gasteiger partial charge >= 0.3 is 0 Å². The van der Waals surface area contributed by atoms with Crippen LogP contribution in [0.4, 0.5) is 0 Å². The van der Waals surface area contributed by atoms with Gasteiger partial charge in [0, 0.05) is 44.1 Å². The summed E-state index contributed by atoms with van der Waals surface area (Å²) in [6.07, 6.45) is 6.06. The lowest BCUT2D eigenvalue weighted by Gasteiger charge is -2.38. The van der Waals surface area contributed by atoms with Crippen molar-refractivity contribution in [2.45, 2.75) is 61.2 Å². The topological polar surface area (TPSA) is 81.2 Å². The van der Waals surface area contributed by atoms with E-state index in [4.69, 9.17) is 0 Å². The predicted octanol–water partition coefficient (Wildman–Crippen LogP) is 4.67. The zero-order valence-electron chi connectivity index (χ0n) is 25.1. The molecule has 0 aromatic heterocycles. The molecule has 2 unspecified atom stereocenters. The number of rotatable bonds is 14. The molecule has 5 rings (SSSR count). The van der Waals surface area contributed by atoms with Gasteiger partial charge in [-0.3, -0.25) is 14.4 Å². The summed E-state index contributed by atoms with van der Waals surface area (Å²) in [6, 6.07) is 19.0. The van der Waals surface area contributed by atoms with Crippen molar-refractivity contribution in [3.63, 3.8) is 0 Å². The molecule has 43 heavy (non-hydrogen) atoms. The number of unbranched alkanes of at least 4 members (excludes halogenated alkanes) is 1. The number of nitrogens with zero attached hydrogens (tertiary/aromatic N) is 3. The van der Waals surface area contributed by atoms with Gasteiger partial charge in [-0.15, -0.1) is 24.9 Å². The maximum absolute atomic E-state index is 14.6. The average Bonchev–Trinajstić information content (AvgIpc) is 3.58. The Morgan fingerprint density at radius 3 is 2.02 bits per heavy atom. The fourth-order valence-electron chi connectivity index (χ4n) is 7.47. The minimum absolute atomic E-state index is 0.0236. The van der Waals surface area contributed by atoms with Crippen LogP contribution in [-0.4, -0.2) is 79.3 Å². The molecule has 3 amide bonds. The Morgan fingerprint density at radius 2 is 1.49 bits per heavy atom. The first-order chi connectivity index (χ1) is 20.8. The first kappa shape index (κ1) is 31.1. The Balaban J connectivity index is 1.51. The van der Waals surface area contributed by atoms with E-state index >= 15 is 0 Å². The molecule has 228 valence electrons. The van der Waals surface area contributed by atoms with Crippen molar-refractivity contribution in [3.8, 4) is 0 Å². The third-order valence-electron chi connectivity index (χ3n) is 9.34. The molecule has 0 radical (unpaired) electrons. The van der Waals surface area contributed by atoms with Gasteiger partial charge in [0.05, 0.1) is 16.6 Å². The first-order valence-corrected chi connectivity index (χ1v) is 16.1. The first-order valence-electron chi connectivity index (χ1n) is 15.3. The van der Waals surface area contributed by atoms with Crippen molar-refractivity contribution in [1.29, 1.82) is 0 Å². The Hall–Kier alpha value is -3.36. The summed E-state index contributed by atoms with van der Waals surface area (Å²) in [5, 5.41) is 9.50. The average molecular weight is 602 g/mol. The molecule has 3 fully saturated rings. The zero-order valence-corrected chi connectivity index (χ0v) is 25.9. The van der Waals surface area contributed by atoms with E-state index in [2.05, 4.69) is 20.1 Å². The van der Waals surface area contributed by atoms with E-state index in [-0.39, 0.29) is 24.3 Å². The maximum Gasteiger partial charge on any atom is 0.247 e. The summed E-state index contributed by atoms with van der Waals surface area (Å²) in [6.45, 7) is 11.9. The van der Waals surface area contributed by atoms with Gasteiger partial charge in [0.15, 0.2) is 0 Å². The molecule has 0 saturated carbocycles. The number of thioether (sulfide) groups is 1. The fourth-order valence-corrected chi connectivity index (χ4v) is 9.81. The van der Waals surface area contributed by atoms with E-state index in [1.807, 2.05) is 65.6 Å². The maximum atomic E-state index is 14.6. The van der Waals surface area contributed by atoms with Crippen LogP contribution in [0.25, 0.3) is 0 Å². The van der Waals surface area contributed by atoms with Gasteiger partial charge in [-0.25, -0.2) is 0 Å². The second-order valence-corrected chi connectivity index (χ2v) is 14.1. The number of carbonyl (C=O) groups excluding carboxylic acids is 3. The van der Waals surface area contributed by atoms with Crippen LogP contribution >= 0.6 is 11.8 Å². The van der Waals surface area contributed by atoms with Crippen molar-refractivity contribution < 1.29 is 19.5 Å². The second kappa shape index (κ2) is 13.1. The number of fused-ring (bicyclic) bond motifs is 1. The molecule has 3 aliphatic rings. The van der Waals surface area contributed by atoms with Crippen molar-refractivity contribution in [3.05, 3.63) is 97.1 Å². The molecule has 2 aromatic carbocycles. The Kier molecular flexibility index (Phi) is 9.47. The quantitative estimate of drug-likeness (QED) is 0.252. The summed E-state index contributed by atoms with van der Waals surface area (Å²) in [4.78, 5) is 49.0. The van der Waals surface area contributed by atoms with Gasteiger partial charge in [-0.1, -0.05) is 72.8 Å². The van der Waals surface area contributed by atoms with Gasteiger partial charge in [0.25, 0.3) is 0 Å². The highest BCUT2D eigenvalue weighted by atomic mass is 32.2. The third kappa shape index (κ3) is 5.79. The summed E-state index contributed by atoms with van der Waals surface area (Å²) in [5.74, 6) is -1.38. The van der Waals surface area contributed by atoms with Crippen molar-refractivity contribution in [2.75, 3.05) is 26.2 Å². The van der Waals surface area contributed by atoms with Crippen LogP contribution in [0.5, 0.6) is 0 Å². The second-order valence-electron chi connectivity index (χ2n) is 12.2. The highest BCUT2D eigenvalue weighted by Gasteiger charge is 2.77. The number of amides is 3. The van der Waals surface area contributed by atoms with Crippen LogP contribution < -0.4 is 0 Å². The molecule has 8 heteroatoms. The van der Waals surface area contributed by atoms with Gasteiger partial charge in [-0.05, 0) is 43.7 Å². The molecule has 0 aliphatic carbocycles. The zero-order chi connectivity index (χ0) is 30.6. The number of carbonyl (C=O) groups is 3. The van der Waals surface area contributed by atoms with Gasteiger partial charge in [0.1, 0.15) is 6.04 Å². The largest absolute Gasteiger partial charge is 0.396 e. The summed E-state index contributed by atoms with van der Waals surface area (Å²) in [5.41, 5.74) is 2.03. The Bertz CT molecular complexity index is 1340. The highest BCUT2D eigenvalue weighted by Crippen LogP contribution is 2.71. The van der Waals surface area contributed by atoms with E-state index in [1.165, 1.54) is 0 Å². The van der Waals surface area contributed by atoms with E-state index < -0.39 is 27.4 Å². The predicted molar refractivity (Wildman–Crippen MR) is 171 cm³/mol. The lowest BCUT2D eigenvalue weighted by Crippen LogP contribution is -2.55. The molecule has 1 N–H and O–H groups in total. The monoisotopic (exact) mass is 601 g/mol. The van der Waals surface area contributed by atoms with Crippen LogP contribution in [0, 0.1) is 11.8 Å². The Morgan fingerprint density at radius 1 is 0.930 bits per heavy atom. The lowest BCUT2D eigenvalue weighted by atomic mass is 9.66. The molecule has 3 aliphatic heterocycles. The minimum atomic E-state index is -0.689. The molecule has 1 spiro atoms. The van der Waals surface area contributed by atoms with Crippen LogP contribution in [0.15, 0.2) is 86.0 Å². The number of hydrogen-bond donors (Lipinski definition) is 1. The molecule has 2 aromatic rings.